The standard InChI is InChI=1S/C22H24N2O2/c23-18-9-12-22(13-10-18,17-6-2-1-3-7-17)15-24-21(25)19-8-4-5-16-11-14-26-20(16)19/h1-8,11,14,18H,9-10,12-13,15,23H2,(H,24,25). The molecule has 0 bridgehead atoms. The van der Waals surface area contributed by atoms with Gasteiger partial charge in [0, 0.05) is 23.4 Å². The summed E-state index contributed by atoms with van der Waals surface area (Å²) in [6.07, 6.45) is 5.57. The van der Waals surface area contributed by atoms with Crippen molar-refractivity contribution in [2.24, 2.45) is 5.73 Å². The number of fused-ring (bicyclic) bond motifs is 1. The Bertz CT molecular complexity index is 893. The molecule has 1 heterocycles. The highest BCUT2D eigenvalue weighted by atomic mass is 16.3. The minimum atomic E-state index is -0.0873. The number of furan rings is 1. The van der Waals surface area contributed by atoms with E-state index in [9.17, 15) is 4.79 Å². The van der Waals surface area contributed by atoms with Crippen LogP contribution in [0.15, 0.2) is 65.3 Å². The number of rotatable bonds is 4. The third-order valence-corrected chi connectivity index (χ3v) is 5.68. The van der Waals surface area contributed by atoms with Crippen LogP contribution >= 0.6 is 0 Å². The summed E-state index contributed by atoms with van der Waals surface area (Å²) in [5, 5.41) is 4.11. The molecule has 1 amide bonds. The summed E-state index contributed by atoms with van der Waals surface area (Å²) in [6, 6.07) is 18.3. The Hall–Kier alpha value is -2.59. The summed E-state index contributed by atoms with van der Waals surface area (Å²) in [4.78, 5) is 12.8. The highest BCUT2D eigenvalue weighted by Crippen LogP contribution is 2.38. The van der Waals surface area contributed by atoms with E-state index in [4.69, 9.17) is 10.2 Å². The average molecular weight is 348 g/mol. The molecule has 0 atom stereocenters. The van der Waals surface area contributed by atoms with Crippen molar-refractivity contribution in [1.29, 1.82) is 0 Å². The van der Waals surface area contributed by atoms with Crippen LogP contribution in [0.4, 0.5) is 0 Å². The van der Waals surface area contributed by atoms with Gasteiger partial charge in [-0.15, -0.1) is 0 Å². The number of nitrogens with one attached hydrogen (secondary N) is 1. The number of nitrogens with two attached hydrogens (primary N) is 1. The van der Waals surface area contributed by atoms with Crippen LogP contribution in [0, 0.1) is 0 Å². The molecule has 134 valence electrons. The van der Waals surface area contributed by atoms with Gasteiger partial charge in [-0.05, 0) is 43.4 Å². The third-order valence-electron chi connectivity index (χ3n) is 5.68. The second kappa shape index (κ2) is 6.96. The van der Waals surface area contributed by atoms with Gasteiger partial charge in [0.1, 0.15) is 5.58 Å². The molecule has 1 saturated carbocycles. The number of amides is 1. The predicted molar refractivity (Wildman–Crippen MR) is 103 cm³/mol. The van der Waals surface area contributed by atoms with Gasteiger partial charge in [0.15, 0.2) is 0 Å². The van der Waals surface area contributed by atoms with Crippen molar-refractivity contribution >= 4 is 16.9 Å². The fourth-order valence-corrected chi connectivity index (χ4v) is 4.07. The third kappa shape index (κ3) is 3.13. The Morgan fingerprint density at radius 2 is 1.85 bits per heavy atom. The monoisotopic (exact) mass is 348 g/mol. The van der Waals surface area contributed by atoms with Crippen LogP contribution in [0.1, 0.15) is 41.6 Å². The van der Waals surface area contributed by atoms with Gasteiger partial charge in [0.2, 0.25) is 0 Å². The van der Waals surface area contributed by atoms with E-state index in [1.807, 2.05) is 30.3 Å². The molecule has 4 heteroatoms. The molecule has 0 saturated heterocycles. The lowest BCUT2D eigenvalue weighted by Crippen LogP contribution is -2.45. The van der Waals surface area contributed by atoms with E-state index in [0.29, 0.717) is 17.7 Å². The predicted octanol–water partition coefficient (Wildman–Crippen LogP) is 4.00. The molecule has 3 aromatic rings. The van der Waals surface area contributed by atoms with Gasteiger partial charge in [-0.25, -0.2) is 0 Å². The molecule has 4 rings (SSSR count). The van der Waals surface area contributed by atoms with E-state index >= 15 is 0 Å². The Labute approximate surface area is 153 Å². The van der Waals surface area contributed by atoms with E-state index in [1.165, 1.54) is 5.56 Å². The van der Waals surface area contributed by atoms with Crippen LogP contribution in [0.2, 0.25) is 0 Å². The molecule has 0 aliphatic heterocycles. The summed E-state index contributed by atoms with van der Waals surface area (Å²) >= 11 is 0. The SMILES string of the molecule is NC1CCC(CNC(=O)c2cccc3ccoc23)(c2ccccc2)CC1. The van der Waals surface area contributed by atoms with Gasteiger partial charge in [0.05, 0.1) is 11.8 Å². The van der Waals surface area contributed by atoms with Crippen LogP contribution < -0.4 is 11.1 Å². The molecule has 3 N–H and O–H groups in total. The molecule has 1 aromatic heterocycles. The van der Waals surface area contributed by atoms with E-state index in [-0.39, 0.29) is 17.4 Å². The van der Waals surface area contributed by atoms with Crippen molar-refractivity contribution in [2.45, 2.75) is 37.1 Å². The second-order valence-corrected chi connectivity index (χ2v) is 7.31. The van der Waals surface area contributed by atoms with Crippen molar-refractivity contribution < 1.29 is 9.21 Å². The first kappa shape index (κ1) is 16.9. The minimum Gasteiger partial charge on any atom is -0.464 e. The normalized spacial score (nSPS) is 23.0. The molecule has 26 heavy (non-hydrogen) atoms. The Kier molecular flexibility index (Phi) is 4.51. The summed E-state index contributed by atoms with van der Waals surface area (Å²) in [5.41, 5.74) is 8.59. The van der Waals surface area contributed by atoms with Gasteiger partial charge < -0.3 is 15.5 Å². The lowest BCUT2D eigenvalue weighted by Gasteiger charge is -2.40. The molecule has 4 nitrogen and oxygen atoms in total. The number of carbonyl (C=O) groups excluding carboxylic acids is 1. The smallest absolute Gasteiger partial charge is 0.255 e. The number of benzene rings is 2. The first-order valence-electron chi connectivity index (χ1n) is 9.23. The molecule has 1 fully saturated rings. The van der Waals surface area contributed by atoms with Crippen molar-refractivity contribution in [2.75, 3.05) is 6.54 Å². The van der Waals surface area contributed by atoms with E-state index in [0.717, 1.165) is 31.1 Å². The topological polar surface area (TPSA) is 68.3 Å². The number of para-hydroxylation sites is 1. The van der Waals surface area contributed by atoms with Gasteiger partial charge >= 0.3 is 0 Å². The minimum absolute atomic E-state index is 0.0517. The average Bonchev–Trinajstić information content (AvgIpc) is 3.17. The largest absolute Gasteiger partial charge is 0.464 e. The highest BCUT2D eigenvalue weighted by Gasteiger charge is 2.36. The maximum atomic E-state index is 12.8. The Morgan fingerprint density at radius 1 is 1.08 bits per heavy atom. The lowest BCUT2D eigenvalue weighted by molar-refractivity contribution is 0.0936. The number of carbonyl (C=O) groups is 1. The van der Waals surface area contributed by atoms with E-state index < -0.39 is 0 Å². The molecule has 0 radical (unpaired) electrons. The summed E-state index contributed by atoms with van der Waals surface area (Å²) in [5.74, 6) is -0.0873. The first-order chi connectivity index (χ1) is 12.7. The van der Waals surface area contributed by atoms with Crippen molar-refractivity contribution in [3.05, 3.63) is 72.0 Å². The van der Waals surface area contributed by atoms with Gasteiger partial charge in [0.25, 0.3) is 5.91 Å². The van der Waals surface area contributed by atoms with Gasteiger partial charge in [-0.1, -0.05) is 42.5 Å². The summed E-state index contributed by atoms with van der Waals surface area (Å²) < 4.78 is 5.51. The molecular weight excluding hydrogens is 324 g/mol. The maximum absolute atomic E-state index is 12.8. The molecule has 1 aliphatic rings. The quantitative estimate of drug-likeness (QED) is 0.749. The van der Waals surface area contributed by atoms with Crippen molar-refractivity contribution in [1.82, 2.24) is 5.32 Å². The lowest BCUT2D eigenvalue weighted by atomic mass is 9.68. The van der Waals surface area contributed by atoms with Crippen LogP contribution in [0.25, 0.3) is 11.0 Å². The molecule has 2 aromatic carbocycles. The zero-order valence-corrected chi connectivity index (χ0v) is 14.8. The second-order valence-electron chi connectivity index (χ2n) is 7.31. The Morgan fingerprint density at radius 3 is 2.62 bits per heavy atom. The fraction of sp³-hybridized carbons (Fsp3) is 0.318. The van der Waals surface area contributed by atoms with Gasteiger partial charge in [-0.2, -0.15) is 0 Å². The maximum Gasteiger partial charge on any atom is 0.255 e. The number of hydrogen-bond acceptors (Lipinski definition) is 3. The zero-order chi connectivity index (χ0) is 18.0. The van der Waals surface area contributed by atoms with Crippen LogP contribution in [-0.2, 0) is 5.41 Å². The van der Waals surface area contributed by atoms with Crippen molar-refractivity contribution in [3.8, 4) is 0 Å². The van der Waals surface area contributed by atoms with Crippen LogP contribution in [-0.4, -0.2) is 18.5 Å². The van der Waals surface area contributed by atoms with Crippen molar-refractivity contribution in [3.63, 3.8) is 0 Å². The Balaban J connectivity index is 1.57. The van der Waals surface area contributed by atoms with E-state index in [2.05, 4.69) is 29.6 Å². The number of hydrogen-bond donors (Lipinski definition) is 2. The van der Waals surface area contributed by atoms with Gasteiger partial charge in [-0.3, -0.25) is 4.79 Å². The summed E-state index contributed by atoms with van der Waals surface area (Å²) in [7, 11) is 0. The van der Waals surface area contributed by atoms with Crippen LogP contribution in [0.3, 0.4) is 0 Å². The van der Waals surface area contributed by atoms with E-state index in [1.54, 1.807) is 6.26 Å². The molecule has 0 unspecified atom stereocenters. The zero-order valence-electron chi connectivity index (χ0n) is 14.8. The molecule has 1 aliphatic carbocycles. The fourth-order valence-electron chi connectivity index (χ4n) is 4.07. The summed E-state index contributed by atoms with van der Waals surface area (Å²) in [6.45, 7) is 0.611. The highest BCUT2D eigenvalue weighted by molar-refractivity contribution is 6.04. The molecular formula is C22H24N2O2. The van der Waals surface area contributed by atoms with Crippen LogP contribution in [0.5, 0.6) is 0 Å². The molecule has 0 spiro atoms. The first-order valence-corrected chi connectivity index (χ1v) is 9.23.